The van der Waals surface area contributed by atoms with E-state index in [0.29, 0.717) is 36.3 Å². The van der Waals surface area contributed by atoms with Crippen LogP contribution in [0.2, 0.25) is 0 Å². The average molecular weight is 455 g/mol. The lowest BCUT2D eigenvalue weighted by Gasteiger charge is -2.35. The zero-order valence-electron chi connectivity index (χ0n) is 19.4. The van der Waals surface area contributed by atoms with Crippen molar-refractivity contribution < 1.29 is 13.9 Å². The van der Waals surface area contributed by atoms with E-state index in [2.05, 4.69) is 41.2 Å². The standard InChI is InChI=1S/C24H31FN6O2/c1-14(2)30-11-19-21(12-30)28-22(29-23(19)31-8-9-33-13-15(31)3)18-7-6-17(10-20(18)25)27-24(32)26-16-4-5-16/h6-7,10,14-16H,4-5,8-9,11-13H2,1-3H3,(H2,26,27,32)/t15-/m0/s1. The molecule has 0 radical (unpaired) electrons. The molecule has 1 saturated heterocycles. The summed E-state index contributed by atoms with van der Waals surface area (Å²) in [6.07, 6.45) is 1.99. The van der Waals surface area contributed by atoms with Crippen molar-refractivity contribution in [3.8, 4) is 11.4 Å². The van der Waals surface area contributed by atoms with Crippen LogP contribution in [0.25, 0.3) is 11.4 Å². The maximum atomic E-state index is 15.2. The largest absolute Gasteiger partial charge is 0.377 e. The van der Waals surface area contributed by atoms with Crippen LogP contribution in [0.4, 0.5) is 20.7 Å². The molecule has 33 heavy (non-hydrogen) atoms. The lowest BCUT2D eigenvalue weighted by Crippen LogP contribution is -2.44. The molecule has 0 spiro atoms. The van der Waals surface area contributed by atoms with Gasteiger partial charge in [0, 0.05) is 43.0 Å². The molecule has 2 aliphatic heterocycles. The molecular formula is C24H31FN6O2. The monoisotopic (exact) mass is 454 g/mol. The normalized spacial score (nSPS) is 20.8. The van der Waals surface area contributed by atoms with Crippen LogP contribution in [0.5, 0.6) is 0 Å². The molecule has 9 heteroatoms. The molecule has 1 aliphatic carbocycles. The molecule has 176 valence electrons. The Hall–Kier alpha value is -2.78. The van der Waals surface area contributed by atoms with Crippen LogP contribution in [0, 0.1) is 5.82 Å². The second-order valence-corrected chi connectivity index (χ2v) is 9.48. The molecular weight excluding hydrogens is 423 g/mol. The van der Waals surface area contributed by atoms with Crippen LogP contribution in [0.15, 0.2) is 18.2 Å². The second kappa shape index (κ2) is 8.87. The lowest BCUT2D eigenvalue weighted by molar-refractivity contribution is 0.0984. The van der Waals surface area contributed by atoms with E-state index < -0.39 is 5.82 Å². The van der Waals surface area contributed by atoms with Crippen LogP contribution in [-0.2, 0) is 17.8 Å². The Labute approximate surface area is 193 Å². The first-order valence-corrected chi connectivity index (χ1v) is 11.7. The van der Waals surface area contributed by atoms with Crippen molar-refractivity contribution in [1.29, 1.82) is 0 Å². The van der Waals surface area contributed by atoms with Crippen LogP contribution in [-0.4, -0.2) is 58.8 Å². The van der Waals surface area contributed by atoms with Crippen LogP contribution < -0.4 is 15.5 Å². The number of urea groups is 1. The smallest absolute Gasteiger partial charge is 0.319 e. The van der Waals surface area contributed by atoms with Crippen LogP contribution >= 0.6 is 0 Å². The summed E-state index contributed by atoms with van der Waals surface area (Å²) in [5.41, 5.74) is 2.81. The van der Waals surface area contributed by atoms with E-state index in [9.17, 15) is 4.79 Å². The van der Waals surface area contributed by atoms with Gasteiger partial charge in [-0.15, -0.1) is 0 Å². The molecule has 2 N–H and O–H groups in total. The number of halogens is 1. The van der Waals surface area contributed by atoms with Gasteiger partial charge in [0.05, 0.1) is 30.5 Å². The zero-order valence-corrected chi connectivity index (χ0v) is 19.4. The third kappa shape index (κ3) is 4.65. The van der Waals surface area contributed by atoms with Crippen molar-refractivity contribution >= 4 is 17.5 Å². The molecule has 2 amide bonds. The summed E-state index contributed by atoms with van der Waals surface area (Å²) in [5, 5.41) is 5.54. The number of benzene rings is 1. The molecule has 3 heterocycles. The van der Waals surface area contributed by atoms with Crippen molar-refractivity contribution in [2.75, 3.05) is 30.0 Å². The molecule has 5 rings (SSSR count). The maximum Gasteiger partial charge on any atom is 0.319 e. The molecule has 2 fully saturated rings. The van der Waals surface area contributed by atoms with E-state index >= 15 is 4.39 Å². The number of hydrogen-bond donors (Lipinski definition) is 2. The van der Waals surface area contributed by atoms with Gasteiger partial charge in [-0.2, -0.15) is 0 Å². The highest BCUT2D eigenvalue weighted by Crippen LogP contribution is 2.35. The van der Waals surface area contributed by atoms with E-state index in [-0.39, 0.29) is 18.1 Å². The minimum Gasteiger partial charge on any atom is -0.377 e. The van der Waals surface area contributed by atoms with E-state index in [1.54, 1.807) is 12.1 Å². The second-order valence-electron chi connectivity index (χ2n) is 9.48. The molecule has 1 aromatic heterocycles. The predicted molar refractivity (Wildman–Crippen MR) is 125 cm³/mol. The Morgan fingerprint density at radius 1 is 1.24 bits per heavy atom. The van der Waals surface area contributed by atoms with E-state index in [0.717, 1.165) is 49.6 Å². The number of carbonyl (C=O) groups excluding carboxylic acids is 1. The van der Waals surface area contributed by atoms with Gasteiger partial charge in [-0.3, -0.25) is 4.90 Å². The van der Waals surface area contributed by atoms with E-state index in [4.69, 9.17) is 14.7 Å². The number of morpholine rings is 1. The molecule has 0 unspecified atom stereocenters. The number of carbonyl (C=O) groups is 1. The molecule has 0 bridgehead atoms. The third-order valence-electron chi connectivity index (χ3n) is 6.54. The minimum absolute atomic E-state index is 0.181. The van der Waals surface area contributed by atoms with Gasteiger partial charge in [0.1, 0.15) is 11.6 Å². The Balaban J connectivity index is 1.47. The van der Waals surface area contributed by atoms with Gasteiger partial charge in [-0.25, -0.2) is 19.2 Å². The lowest BCUT2D eigenvalue weighted by atomic mass is 10.1. The molecule has 3 aliphatic rings. The maximum absolute atomic E-state index is 15.2. The minimum atomic E-state index is -0.459. The van der Waals surface area contributed by atoms with Gasteiger partial charge < -0.3 is 20.3 Å². The molecule has 1 atom stereocenters. The first-order valence-electron chi connectivity index (χ1n) is 11.7. The van der Waals surface area contributed by atoms with Crippen LogP contribution in [0.3, 0.4) is 0 Å². The van der Waals surface area contributed by atoms with Gasteiger partial charge in [-0.05, 0) is 51.8 Å². The van der Waals surface area contributed by atoms with E-state index in [1.807, 2.05) is 0 Å². The van der Waals surface area contributed by atoms with Crippen molar-refractivity contribution in [3.63, 3.8) is 0 Å². The summed E-state index contributed by atoms with van der Waals surface area (Å²) >= 11 is 0. The number of amides is 2. The zero-order chi connectivity index (χ0) is 23.1. The molecule has 8 nitrogen and oxygen atoms in total. The van der Waals surface area contributed by atoms with Gasteiger partial charge in [0.25, 0.3) is 0 Å². The average Bonchev–Trinajstić information content (AvgIpc) is 3.47. The number of anilines is 2. The Bertz CT molecular complexity index is 1060. The molecule has 2 aromatic rings. The number of nitrogens with zero attached hydrogens (tertiary/aromatic N) is 4. The first kappa shape index (κ1) is 22.0. The highest BCUT2D eigenvalue weighted by Gasteiger charge is 2.32. The molecule has 1 aromatic carbocycles. The Morgan fingerprint density at radius 2 is 2.06 bits per heavy atom. The summed E-state index contributed by atoms with van der Waals surface area (Å²) in [6, 6.07) is 5.15. The summed E-state index contributed by atoms with van der Waals surface area (Å²) in [7, 11) is 0. The van der Waals surface area contributed by atoms with Crippen LogP contribution in [0.1, 0.15) is 44.9 Å². The molecule has 1 saturated carbocycles. The third-order valence-corrected chi connectivity index (χ3v) is 6.54. The van der Waals surface area contributed by atoms with Crippen molar-refractivity contribution in [3.05, 3.63) is 35.3 Å². The number of rotatable bonds is 5. The van der Waals surface area contributed by atoms with Crippen molar-refractivity contribution in [2.45, 2.75) is 64.8 Å². The van der Waals surface area contributed by atoms with Gasteiger partial charge in [-0.1, -0.05) is 0 Å². The topological polar surface area (TPSA) is 82.6 Å². The number of nitrogens with one attached hydrogen (secondary N) is 2. The van der Waals surface area contributed by atoms with Gasteiger partial charge >= 0.3 is 6.03 Å². The summed E-state index contributed by atoms with van der Waals surface area (Å²) < 4.78 is 20.8. The van der Waals surface area contributed by atoms with E-state index in [1.165, 1.54) is 6.07 Å². The summed E-state index contributed by atoms with van der Waals surface area (Å²) in [4.78, 5) is 26.3. The number of fused-ring (bicyclic) bond motifs is 1. The first-order chi connectivity index (χ1) is 15.9. The number of aromatic nitrogens is 2. The number of ether oxygens (including phenoxy) is 1. The fraction of sp³-hybridized carbons (Fsp3) is 0.542. The summed E-state index contributed by atoms with van der Waals surface area (Å²) in [6.45, 7) is 9.99. The quantitative estimate of drug-likeness (QED) is 0.720. The predicted octanol–water partition coefficient (Wildman–Crippen LogP) is 3.52. The number of hydrogen-bond acceptors (Lipinski definition) is 6. The Morgan fingerprint density at radius 3 is 2.76 bits per heavy atom. The fourth-order valence-corrected chi connectivity index (χ4v) is 4.38. The highest BCUT2D eigenvalue weighted by molar-refractivity contribution is 5.90. The Kier molecular flexibility index (Phi) is 5.92. The van der Waals surface area contributed by atoms with Gasteiger partial charge in [0.2, 0.25) is 0 Å². The highest BCUT2D eigenvalue weighted by atomic mass is 19.1. The SMILES string of the molecule is CC(C)N1Cc2nc(-c3ccc(NC(=O)NC4CC4)cc3F)nc(N3CCOC[C@@H]3C)c2C1. The fourth-order valence-electron chi connectivity index (χ4n) is 4.38. The van der Waals surface area contributed by atoms with Crippen molar-refractivity contribution in [2.24, 2.45) is 0 Å². The summed E-state index contributed by atoms with van der Waals surface area (Å²) in [5.74, 6) is 0.790. The van der Waals surface area contributed by atoms with Gasteiger partial charge in [0.15, 0.2) is 5.82 Å². The van der Waals surface area contributed by atoms with Crippen molar-refractivity contribution in [1.82, 2.24) is 20.2 Å².